The summed E-state index contributed by atoms with van der Waals surface area (Å²) in [7, 11) is 0. The van der Waals surface area contributed by atoms with Crippen LogP contribution >= 0.6 is 0 Å². The zero-order chi connectivity index (χ0) is 11.4. The lowest BCUT2D eigenvalue weighted by atomic mass is 10.2. The fourth-order valence-electron chi connectivity index (χ4n) is 1.30. The van der Waals surface area contributed by atoms with E-state index in [0.29, 0.717) is 5.92 Å². The number of aryl methyl sites for hydroxylation is 1. The van der Waals surface area contributed by atoms with Gasteiger partial charge in [-0.2, -0.15) is 0 Å². The predicted molar refractivity (Wildman–Crippen MR) is 66.2 cm³/mol. The number of hydrogen-bond acceptors (Lipinski definition) is 2. The van der Waals surface area contributed by atoms with Crippen LogP contribution in [-0.4, -0.2) is 15.0 Å². The molecule has 2 aromatic rings. The molecule has 0 saturated heterocycles. The van der Waals surface area contributed by atoms with Gasteiger partial charge in [0.15, 0.2) is 5.65 Å². The molecular formula is C12H21N3. The van der Waals surface area contributed by atoms with Crippen LogP contribution in [0.1, 0.15) is 46.4 Å². The maximum absolute atomic E-state index is 4.39. The molecule has 2 rings (SSSR count). The zero-order valence-corrected chi connectivity index (χ0v) is 10.1. The van der Waals surface area contributed by atoms with Crippen LogP contribution in [0, 0.1) is 6.92 Å². The van der Waals surface area contributed by atoms with Crippen LogP contribution < -0.4 is 0 Å². The Balaban J connectivity index is 0.000000711. The maximum atomic E-state index is 4.39. The Labute approximate surface area is 92.4 Å². The molecule has 0 aliphatic carbocycles. The molecule has 2 aromatic heterocycles. The number of pyridine rings is 1. The summed E-state index contributed by atoms with van der Waals surface area (Å²) in [4.78, 5) is 11.9. The molecule has 84 valence electrons. The van der Waals surface area contributed by atoms with E-state index in [0.717, 1.165) is 22.6 Å². The molecule has 2 heterocycles. The SMILES string of the molecule is CC.Cc1cnc2nc(C(C)C)[nH]c2c1.[HH]. The van der Waals surface area contributed by atoms with E-state index in [-0.39, 0.29) is 1.43 Å². The fourth-order valence-corrected chi connectivity index (χ4v) is 1.30. The third kappa shape index (κ3) is 2.55. The van der Waals surface area contributed by atoms with E-state index in [9.17, 15) is 0 Å². The number of fused-ring (bicyclic) bond motifs is 1. The summed E-state index contributed by atoms with van der Waals surface area (Å²) >= 11 is 0. The Morgan fingerprint density at radius 2 is 2.00 bits per heavy atom. The molecule has 0 spiro atoms. The molecule has 3 heteroatoms. The molecule has 0 unspecified atom stereocenters. The molecular weight excluding hydrogens is 186 g/mol. The number of H-pyrrole nitrogens is 1. The number of hydrogen-bond donors (Lipinski definition) is 1. The molecule has 1 N–H and O–H groups in total. The molecule has 0 atom stereocenters. The van der Waals surface area contributed by atoms with Crippen molar-refractivity contribution in [3.05, 3.63) is 23.7 Å². The topological polar surface area (TPSA) is 41.6 Å². The van der Waals surface area contributed by atoms with Crippen molar-refractivity contribution in [2.24, 2.45) is 0 Å². The highest BCUT2D eigenvalue weighted by Crippen LogP contribution is 2.15. The van der Waals surface area contributed by atoms with Gasteiger partial charge >= 0.3 is 0 Å². The summed E-state index contributed by atoms with van der Waals surface area (Å²) in [5.74, 6) is 1.43. The Kier molecular flexibility index (Phi) is 3.83. The van der Waals surface area contributed by atoms with Crippen LogP contribution in [0.5, 0.6) is 0 Å². The number of rotatable bonds is 1. The largest absolute Gasteiger partial charge is 0.340 e. The zero-order valence-electron chi connectivity index (χ0n) is 10.1. The van der Waals surface area contributed by atoms with Gasteiger partial charge in [-0.3, -0.25) is 0 Å². The van der Waals surface area contributed by atoms with E-state index in [1.54, 1.807) is 0 Å². The van der Waals surface area contributed by atoms with E-state index in [1.807, 2.05) is 27.0 Å². The lowest BCUT2D eigenvalue weighted by Crippen LogP contribution is -1.88. The van der Waals surface area contributed by atoms with Crippen molar-refractivity contribution < 1.29 is 1.43 Å². The van der Waals surface area contributed by atoms with E-state index in [2.05, 4.69) is 34.9 Å². The summed E-state index contributed by atoms with van der Waals surface area (Å²) in [6.07, 6.45) is 1.84. The first-order valence-corrected chi connectivity index (χ1v) is 5.49. The first kappa shape index (κ1) is 11.7. The third-order valence-corrected chi connectivity index (χ3v) is 2.04. The van der Waals surface area contributed by atoms with Crippen molar-refractivity contribution in [2.75, 3.05) is 0 Å². The first-order valence-electron chi connectivity index (χ1n) is 5.49. The fraction of sp³-hybridized carbons (Fsp3) is 0.500. The summed E-state index contributed by atoms with van der Waals surface area (Å²) in [5.41, 5.74) is 3.00. The number of nitrogens with one attached hydrogen (secondary N) is 1. The van der Waals surface area contributed by atoms with Crippen molar-refractivity contribution in [3.8, 4) is 0 Å². The van der Waals surface area contributed by atoms with E-state index >= 15 is 0 Å². The molecule has 0 amide bonds. The Morgan fingerprint density at radius 1 is 1.33 bits per heavy atom. The minimum atomic E-state index is 0. The molecule has 3 nitrogen and oxygen atoms in total. The second kappa shape index (κ2) is 4.91. The first-order chi connectivity index (χ1) is 7.16. The van der Waals surface area contributed by atoms with Crippen LogP contribution in [0.4, 0.5) is 0 Å². The second-order valence-corrected chi connectivity index (χ2v) is 3.66. The lowest BCUT2D eigenvalue weighted by molar-refractivity contribution is 0.798. The van der Waals surface area contributed by atoms with Gasteiger partial charge in [-0.25, -0.2) is 9.97 Å². The monoisotopic (exact) mass is 207 g/mol. The highest BCUT2D eigenvalue weighted by Gasteiger charge is 2.06. The van der Waals surface area contributed by atoms with E-state index < -0.39 is 0 Å². The predicted octanol–water partition coefficient (Wildman–Crippen LogP) is 3.66. The van der Waals surface area contributed by atoms with Crippen molar-refractivity contribution in [1.29, 1.82) is 0 Å². The van der Waals surface area contributed by atoms with Gasteiger partial charge in [-0.15, -0.1) is 0 Å². The summed E-state index contributed by atoms with van der Waals surface area (Å²) in [6, 6.07) is 2.07. The average Bonchev–Trinajstić information content (AvgIpc) is 2.63. The molecule has 15 heavy (non-hydrogen) atoms. The molecule has 0 bridgehead atoms. The van der Waals surface area contributed by atoms with Gasteiger partial charge in [-0.1, -0.05) is 27.7 Å². The highest BCUT2D eigenvalue weighted by atomic mass is 15.0. The third-order valence-electron chi connectivity index (χ3n) is 2.04. The second-order valence-electron chi connectivity index (χ2n) is 3.66. The molecule has 0 aromatic carbocycles. The van der Waals surface area contributed by atoms with Gasteiger partial charge in [0.2, 0.25) is 0 Å². The number of aromatic nitrogens is 3. The van der Waals surface area contributed by atoms with Gasteiger partial charge < -0.3 is 4.98 Å². The standard InChI is InChI=1S/C10H13N3.C2H6.H2/c1-6(2)9-12-8-4-7(3)5-11-10(8)13-9;1-2;/h4-6H,1-3H3,(H,11,12,13);1-2H3;1H. The lowest BCUT2D eigenvalue weighted by Gasteiger charge is -1.95. The molecule has 0 aliphatic heterocycles. The van der Waals surface area contributed by atoms with E-state index in [4.69, 9.17) is 0 Å². The van der Waals surface area contributed by atoms with Gasteiger partial charge in [-0.05, 0) is 18.6 Å². The Morgan fingerprint density at radius 3 is 2.60 bits per heavy atom. The molecule has 0 radical (unpaired) electrons. The Hall–Kier alpha value is -1.38. The summed E-state index contributed by atoms with van der Waals surface area (Å²) < 4.78 is 0. The molecule has 0 fully saturated rings. The van der Waals surface area contributed by atoms with Gasteiger partial charge in [0.25, 0.3) is 0 Å². The Bertz CT molecular complexity index is 435. The van der Waals surface area contributed by atoms with Crippen LogP contribution in [0.3, 0.4) is 0 Å². The van der Waals surface area contributed by atoms with Gasteiger partial charge in [0.1, 0.15) is 5.82 Å². The average molecular weight is 207 g/mol. The summed E-state index contributed by atoms with van der Waals surface area (Å²) in [5, 5.41) is 0. The van der Waals surface area contributed by atoms with E-state index in [1.165, 1.54) is 0 Å². The van der Waals surface area contributed by atoms with Crippen molar-refractivity contribution >= 4 is 11.2 Å². The molecule has 0 aliphatic rings. The van der Waals surface area contributed by atoms with Crippen LogP contribution in [0.2, 0.25) is 0 Å². The van der Waals surface area contributed by atoms with Crippen LogP contribution in [0.15, 0.2) is 12.3 Å². The van der Waals surface area contributed by atoms with Crippen LogP contribution in [-0.2, 0) is 0 Å². The number of aromatic amines is 1. The smallest absolute Gasteiger partial charge is 0.177 e. The normalized spacial score (nSPS) is 10.3. The van der Waals surface area contributed by atoms with Gasteiger partial charge in [0, 0.05) is 13.5 Å². The quantitative estimate of drug-likeness (QED) is 0.775. The maximum Gasteiger partial charge on any atom is 0.177 e. The van der Waals surface area contributed by atoms with Crippen molar-refractivity contribution in [1.82, 2.24) is 15.0 Å². The number of imidazole rings is 1. The minimum absolute atomic E-state index is 0. The van der Waals surface area contributed by atoms with Crippen LogP contribution in [0.25, 0.3) is 11.2 Å². The van der Waals surface area contributed by atoms with Crippen molar-refractivity contribution in [3.63, 3.8) is 0 Å². The highest BCUT2D eigenvalue weighted by molar-refractivity contribution is 5.71. The minimum Gasteiger partial charge on any atom is -0.340 e. The van der Waals surface area contributed by atoms with Gasteiger partial charge in [0.05, 0.1) is 5.52 Å². The van der Waals surface area contributed by atoms with Crippen molar-refractivity contribution in [2.45, 2.75) is 40.5 Å². The summed E-state index contributed by atoms with van der Waals surface area (Å²) in [6.45, 7) is 10.3. The molecule has 0 saturated carbocycles. The number of nitrogens with zero attached hydrogens (tertiary/aromatic N) is 2.